The van der Waals surface area contributed by atoms with Gasteiger partial charge < -0.3 is 5.32 Å². The Morgan fingerprint density at radius 1 is 1.27 bits per heavy atom. The Balaban J connectivity index is 0.00000176. The summed E-state index contributed by atoms with van der Waals surface area (Å²) in [5.74, 6) is 0. The van der Waals surface area contributed by atoms with Crippen LogP contribution in [-0.4, -0.2) is 29.5 Å². The predicted octanol–water partition coefficient (Wildman–Crippen LogP) is 4.07. The highest BCUT2D eigenvalue weighted by Gasteiger charge is 2.24. The van der Waals surface area contributed by atoms with Crippen LogP contribution in [0.2, 0.25) is 5.02 Å². The van der Waals surface area contributed by atoms with Crippen LogP contribution < -0.4 is 5.32 Å². The Kier molecular flexibility index (Phi) is 6.66. The number of nitrogens with zero attached hydrogens (tertiary/aromatic N) is 2. The molecule has 0 radical (unpaired) electrons. The number of benzene rings is 1. The molecule has 22 heavy (non-hydrogen) atoms. The van der Waals surface area contributed by atoms with Crippen LogP contribution in [0.1, 0.15) is 17.2 Å². The van der Waals surface area contributed by atoms with Gasteiger partial charge >= 0.3 is 0 Å². The van der Waals surface area contributed by atoms with E-state index in [0.717, 1.165) is 41.2 Å². The van der Waals surface area contributed by atoms with E-state index in [-0.39, 0.29) is 12.4 Å². The zero-order valence-electron chi connectivity index (χ0n) is 12.0. The Morgan fingerprint density at radius 3 is 2.82 bits per heavy atom. The zero-order chi connectivity index (χ0) is 14.7. The second kappa shape index (κ2) is 8.27. The molecular formula is C16H18BrCl2N3. The molecule has 1 N–H and O–H groups in total. The van der Waals surface area contributed by atoms with E-state index in [2.05, 4.69) is 49.3 Å². The highest BCUT2D eigenvalue weighted by Crippen LogP contribution is 2.27. The monoisotopic (exact) mass is 401 g/mol. The van der Waals surface area contributed by atoms with Crippen LogP contribution in [0.3, 0.4) is 0 Å². The Bertz CT molecular complexity index is 610. The van der Waals surface area contributed by atoms with Crippen LogP contribution >= 0.6 is 39.9 Å². The molecule has 118 valence electrons. The van der Waals surface area contributed by atoms with E-state index in [9.17, 15) is 0 Å². The zero-order valence-corrected chi connectivity index (χ0v) is 15.2. The lowest BCUT2D eigenvalue weighted by atomic mass is 10.0. The Hall–Kier alpha value is -0.650. The first-order valence-corrected chi connectivity index (χ1v) is 8.20. The van der Waals surface area contributed by atoms with E-state index in [4.69, 9.17) is 11.6 Å². The van der Waals surface area contributed by atoms with Crippen molar-refractivity contribution in [3.8, 4) is 0 Å². The van der Waals surface area contributed by atoms with Gasteiger partial charge in [-0.25, -0.2) is 0 Å². The molecule has 0 bridgehead atoms. The third-order valence-electron chi connectivity index (χ3n) is 3.83. The average molecular weight is 403 g/mol. The maximum atomic E-state index is 6.34. The normalized spacial score (nSPS) is 18.7. The van der Waals surface area contributed by atoms with E-state index in [1.165, 1.54) is 5.56 Å². The van der Waals surface area contributed by atoms with Gasteiger partial charge in [0, 0.05) is 54.1 Å². The van der Waals surface area contributed by atoms with Crippen molar-refractivity contribution in [3.63, 3.8) is 0 Å². The number of halogens is 3. The summed E-state index contributed by atoms with van der Waals surface area (Å²) in [5, 5.41) is 4.30. The van der Waals surface area contributed by atoms with Gasteiger partial charge in [0.1, 0.15) is 0 Å². The number of rotatable bonds is 3. The summed E-state index contributed by atoms with van der Waals surface area (Å²) in [4.78, 5) is 6.58. The standard InChI is InChI=1S/C16H17BrClN3.ClH/c17-14-1-2-15(18)13(9-14)11-21-8-7-20-10-16(21)12-3-5-19-6-4-12;/h1-6,9,16,20H,7-8,10-11H2;1H. The molecule has 0 amide bonds. The topological polar surface area (TPSA) is 28.2 Å². The number of hydrogen-bond donors (Lipinski definition) is 1. The van der Waals surface area contributed by atoms with Crippen LogP contribution in [-0.2, 0) is 6.54 Å². The van der Waals surface area contributed by atoms with Gasteiger partial charge in [-0.3, -0.25) is 9.88 Å². The van der Waals surface area contributed by atoms with Crippen molar-refractivity contribution in [1.29, 1.82) is 0 Å². The summed E-state index contributed by atoms with van der Waals surface area (Å²) in [6.07, 6.45) is 3.71. The molecule has 0 saturated carbocycles. The minimum absolute atomic E-state index is 0. The molecule has 0 spiro atoms. The lowest BCUT2D eigenvalue weighted by Gasteiger charge is -2.36. The van der Waals surface area contributed by atoms with Crippen molar-refractivity contribution in [2.75, 3.05) is 19.6 Å². The Labute approximate surface area is 150 Å². The first kappa shape index (κ1) is 17.7. The lowest BCUT2D eigenvalue weighted by molar-refractivity contribution is 0.153. The molecule has 3 rings (SSSR count). The van der Waals surface area contributed by atoms with Gasteiger partial charge in [-0.1, -0.05) is 27.5 Å². The number of pyridine rings is 1. The molecule has 1 saturated heterocycles. The van der Waals surface area contributed by atoms with Crippen molar-refractivity contribution in [1.82, 2.24) is 15.2 Å². The maximum Gasteiger partial charge on any atom is 0.0477 e. The second-order valence-corrected chi connectivity index (χ2v) is 6.53. The highest BCUT2D eigenvalue weighted by molar-refractivity contribution is 9.10. The summed E-state index contributed by atoms with van der Waals surface area (Å²) < 4.78 is 1.07. The average Bonchev–Trinajstić information content (AvgIpc) is 2.52. The molecule has 1 fully saturated rings. The third kappa shape index (κ3) is 4.21. The van der Waals surface area contributed by atoms with Gasteiger partial charge in [0.25, 0.3) is 0 Å². The first-order chi connectivity index (χ1) is 10.2. The molecule has 1 aromatic heterocycles. The molecule has 0 aliphatic carbocycles. The van der Waals surface area contributed by atoms with Crippen molar-refractivity contribution in [3.05, 3.63) is 63.3 Å². The smallest absolute Gasteiger partial charge is 0.0477 e. The molecule has 1 aliphatic rings. The van der Waals surface area contributed by atoms with Gasteiger partial charge in [-0.15, -0.1) is 12.4 Å². The fourth-order valence-corrected chi connectivity index (χ4v) is 3.32. The SMILES string of the molecule is Cl.Clc1ccc(Br)cc1CN1CCNCC1c1ccncc1. The van der Waals surface area contributed by atoms with E-state index in [1.807, 2.05) is 24.5 Å². The molecular weight excluding hydrogens is 385 g/mol. The molecule has 2 aromatic rings. The van der Waals surface area contributed by atoms with E-state index >= 15 is 0 Å². The minimum Gasteiger partial charge on any atom is -0.314 e. The fraction of sp³-hybridized carbons (Fsp3) is 0.312. The van der Waals surface area contributed by atoms with Gasteiger partial charge in [0.2, 0.25) is 0 Å². The molecule has 3 nitrogen and oxygen atoms in total. The third-order valence-corrected chi connectivity index (χ3v) is 4.69. The quantitative estimate of drug-likeness (QED) is 0.838. The van der Waals surface area contributed by atoms with Crippen LogP contribution in [0.4, 0.5) is 0 Å². The van der Waals surface area contributed by atoms with Crippen molar-refractivity contribution in [2.45, 2.75) is 12.6 Å². The van der Waals surface area contributed by atoms with E-state index in [0.29, 0.717) is 6.04 Å². The van der Waals surface area contributed by atoms with Crippen molar-refractivity contribution < 1.29 is 0 Å². The molecule has 1 aromatic carbocycles. The van der Waals surface area contributed by atoms with Gasteiger partial charge in [-0.2, -0.15) is 0 Å². The maximum absolute atomic E-state index is 6.34. The van der Waals surface area contributed by atoms with Crippen molar-refractivity contribution >= 4 is 39.9 Å². The first-order valence-electron chi connectivity index (χ1n) is 7.02. The Morgan fingerprint density at radius 2 is 2.05 bits per heavy atom. The molecule has 2 heterocycles. The summed E-state index contributed by atoms with van der Waals surface area (Å²) in [5.41, 5.74) is 2.45. The molecule has 1 atom stereocenters. The van der Waals surface area contributed by atoms with Gasteiger partial charge in [0.05, 0.1) is 0 Å². The highest BCUT2D eigenvalue weighted by atomic mass is 79.9. The van der Waals surface area contributed by atoms with Gasteiger partial charge in [0.15, 0.2) is 0 Å². The summed E-state index contributed by atoms with van der Waals surface area (Å²) in [7, 11) is 0. The van der Waals surface area contributed by atoms with E-state index in [1.54, 1.807) is 0 Å². The second-order valence-electron chi connectivity index (χ2n) is 5.21. The molecule has 6 heteroatoms. The van der Waals surface area contributed by atoms with Crippen LogP contribution in [0.5, 0.6) is 0 Å². The summed E-state index contributed by atoms with van der Waals surface area (Å²) in [6, 6.07) is 10.6. The number of aromatic nitrogens is 1. The fourth-order valence-electron chi connectivity index (χ4n) is 2.73. The molecule has 1 aliphatic heterocycles. The number of nitrogens with one attached hydrogen (secondary N) is 1. The van der Waals surface area contributed by atoms with E-state index < -0.39 is 0 Å². The lowest BCUT2D eigenvalue weighted by Crippen LogP contribution is -2.45. The number of piperazine rings is 1. The van der Waals surface area contributed by atoms with Crippen molar-refractivity contribution in [2.24, 2.45) is 0 Å². The van der Waals surface area contributed by atoms with Gasteiger partial charge in [-0.05, 0) is 41.5 Å². The van der Waals surface area contributed by atoms with Crippen LogP contribution in [0.25, 0.3) is 0 Å². The van der Waals surface area contributed by atoms with Crippen LogP contribution in [0.15, 0.2) is 47.2 Å². The van der Waals surface area contributed by atoms with Crippen LogP contribution in [0, 0.1) is 0 Å². The summed E-state index contributed by atoms with van der Waals surface area (Å²) >= 11 is 9.86. The summed E-state index contributed by atoms with van der Waals surface area (Å²) in [6.45, 7) is 3.83. The molecule has 1 unspecified atom stereocenters. The predicted molar refractivity (Wildman–Crippen MR) is 96.7 cm³/mol. The largest absolute Gasteiger partial charge is 0.314 e. The minimum atomic E-state index is 0. The number of hydrogen-bond acceptors (Lipinski definition) is 3.